The Morgan fingerprint density at radius 3 is 1.95 bits per heavy atom. The number of rotatable bonds is 11. The largest absolute Gasteiger partial charge is 0.396 e. The molecule has 19 atom stereocenters. The Labute approximate surface area is 327 Å². The zero-order valence-electron chi connectivity index (χ0n) is 34.1. The minimum absolute atomic E-state index is 0.0207. The lowest BCUT2D eigenvalue weighted by atomic mass is 9.35. The lowest BCUT2D eigenvalue weighted by Gasteiger charge is -2.70. The summed E-state index contributed by atoms with van der Waals surface area (Å²) in [5, 5.41) is 96.8. The van der Waals surface area contributed by atoms with Crippen LogP contribution < -0.4 is 0 Å². The summed E-state index contributed by atoms with van der Waals surface area (Å²) in [7, 11) is 0. The first-order chi connectivity index (χ1) is 25.7. The SMILES string of the molecule is CC(C)=CCC[C@@](C)(O)[C@H]1CC[C@]2(C)[C@H]1CC[C@@H]1[C@@]3(CO)CC[C@H](O[C@@H]4O[C@H](CO)[C@@H](O)[C@H](O)[C@H]4O[C@@H]4O[C@H](CO)[C@@H](O)[C@H](O)[C@H]4O)C(C)(C)[C@@H]3CC[C@]12C. The zero-order chi connectivity index (χ0) is 40.5. The van der Waals surface area contributed by atoms with Crippen LogP contribution in [0.15, 0.2) is 11.6 Å². The molecular weight excluding hydrogens is 712 g/mol. The van der Waals surface area contributed by atoms with Crippen LogP contribution in [-0.2, 0) is 18.9 Å². The first-order valence-electron chi connectivity index (χ1n) is 20.9. The molecule has 4 aliphatic carbocycles. The normalized spacial score (nSPS) is 50.7. The maximum absolute atomic E-state index is 11.9. The molecular formula is C42H72O13. The first-order valence-corrected chi connectivity index (χ1v) is 20.9. The molecule has 0 spiro atoms. The molecule has 0 radical (unpaired) electrons. The molecule has 4 saturated carbocycles. The predicted octanol–water partition coefficient (Wildman–Crippen LogP) is 2.15. The summed E-state index contributed by atoms with van der Waals surface area (Å²) in [5.74, 6) is 0.975. The Kier molecular flexibility index (Phi) is 12.7. The fourth-order valence-electron chi connectivity index (χ4n) is 13.3. The van der Waals surface area contributed by atoms with E-state index in [0.717, 1.165) is 51.4 Å². The van der Waals surface area contributed by atoms with Crippen LogP contribution in [0, 0.1) is 45.3 Å². The fourth-order valence-corrected chi connectivity index (χ4v) is 13.3. The maximum Gasteiger partial charge on any atom is 0.187 e. The molecule has 9 N–H and O–H groups in total. The van der Waals surface area contributed by atoms with E-state index in [-0.39, 0.29) is 40.6 Å². The minimum atomic E-state index is -1.76. The van der Waals surface area contributed by atoms with Crippen LogP contribution in [0.5, 0.6) is 0 Å². The molecule has 13 heteroatoms. The molecule has 0 aromatic carbocycles. The van der Waals surface area contributed by atoms with E-state index in [1.807, 2.05) is 6.92 Å². The Balaban J connectivity index is 1.23. The first kappa shape index (κ1) is 43.8. The average molecular weight is 785 g/mol. The summed E-state index contributed by atoms with van der Waals surface area (Å²) in [5.41, 5.74) is -0.350. The number of aliphatic hydroxyl groups is 9. The molecule has 2 heterocycles. The van der Waals surface area contributed by atoms with E-state index in [2.05, 4.69) is 47.6 Å². The van der Waals surface area contributed by atoms with Crippen molar-refractivity contribution in [3.05, 3.63) is 11.6 Å². The monoisotopic (exact) mass is 784 g/mol. The lowest BCUT2D eigenvalue weighted by Crippen LogP contribution is -2.67. The molecule has 55 heavy (non-hydrogen) atoms. The van der Waals surface area contributed by atoms with Gasteiger partial charge in [-0.3, -0.25) is 0 Å². The van der Waals surface area contributed by atoms with Gasteiger partial charge in [-0.15, -0.1) is 0 Å². The number of hydrogen-bond donors (Lipinski definition) is 9. The summed E-state index contributed by atoms with van der Waals surface area (Å²) >= 11 is 0. The number of aliphatic hydroxyl groups excluding tert-OH is 8. The molecule has 2 saturated heterocycles. The third-order valence-electron chi connectivity index (χ3n) is 16.6. The van der Waals surface area contributed by atoms with Crippen LogP contribution in [0.2, 0.25) is 0 Å². The quantitative estimate of drug-likeness (QED) is 0.109. The predicted molar refractivity (Wildman–Crippen MR) is 201 cm³/mol. The highest BCUT2D eigenvalue weighted by atomic mass is 16.8. The smallest absolute Gasteiger partial charge is 0.187 e. The van der Waals surface area contributed by atoms with E-state index < -0.39 is 91.7 Å². The highest BCUT2D eigenvalue weighted by Gasteiger charge is 2.71. The van der Waals surface area contributed by atoms with Gasteiger partial charge in [-0.05, 0) is 125 Å². The minimum Gasteiger partial charge on any atom is -0.396 e. The van der Waals surface area contributed by atoms with Crippen molar-refractivity contribution in [1.29, 1.82) is 0 Å². The van der Waals surface area contributed by atoms with Gasteiger partial charge < -0.3 is 64.9 Å². The Hall–Kier alpha value is -0.780. The molecule has 0 unspecified atom stereocenters. The number of hydrogen-bond acceptors (Lipinski definition) is 13. The van der Waals surface area contributed by atoms with Crippen LogP contribution in [0.4, 0.5) is 0 Å². The standard InChI is InChI=1S/C42H72O13/c1-22(2)9-8-15-41(7,51)24-12-16-39(5)23(24)10-11-28-40(39,6)17-13-27-38(3,4)29(14-18-42(27,28)21-45)54-37-35(33(49)31(47)26(20-44)53-37)55-36-34(50)32(48)30(46)25(19-43)52-36/h9,23-37,43-51H,8,10-21H2,1-7H3/t23-,24-,25+,26+,27-,28-,29-,30+,31+,32-,33-,34+,35+,36-,37-,39+,40+,41+,42+/m0/s1. The zero-order valence-corrected chi connectivity index (χ0v) is 34.1. The van der Waals surface area contributed by atoms with Crippen LogP contribution in [0.25, 0.3) is 0 Å². The van der Waals surface area contributed by atoms with E-state index in [1.54, 1.807) is 0 Å². The molecule has 6 rings (SSSR count). The van der Waals surface area contributed by atoms with Gasteiger partial charge in [0.2, 0.25) is 0 Å². The van der Waals surface area contributed by atoms with Gasteiger partial charge in [-0.1, -0.05) is 39.3 Å². The van der Waals surface area contributed by atoms with E-state index in [1.165, 1.54) is 5.57 Å². The van der Waals surface area contributed by atoms with Gasteiger partial charge in [0.25, 0.3) is 0 Å². The van der Waals surface area contributed by atoms with Crippen molar-refractivity contribution in [1.82, 2.24) is 0 Å². The van der Waals surface area contributed by atoms with Crippen molar-refractivity contribution in [2.24, 2.45) is 45.3 Å². The van der Waals surface area contributed by atoms with E-state index >= 15 is 0 Å². The Bertz CT molecular complexity index is 1350. The summed E-state index contributed by atoms with van der Waals surface area (Å²) in [6.45, 7) is 14.3. The maximum atomic E-state index is 11.9. The summed E-state index contributed by atoms with van der Waals surface area (Å²) in [6, 6.07) is 0. The van der Waals surface area contributed by atoms with Gasteiger partial charge >= 0.3 is 0 Å². The van der Waals surface area contributed by atoms with E-state index in [4.69, 9.17) is 18.9 Å². The van der Waals surface area contributed by atoms with Crippen molar-refractivity contribution in [2.75, 3.05) is 19.8 Å². The highest BCUT2D eigenvalue weighted by Crippen LogP contribution is 2.76. The van der Waals surface area contributed by atoms with Gasteiger partial charge in [-0.25, -0.2) is 0 Å². The van der Waals surface area contributed by atoms with Crippen molar-refractivity contribution in [3.8, 4) is 0 Å². The molecule has 6 fully saturated rings. The number of allylic oxidation sites excluding steroid dienone is 2. The topological polar surface area (TPSA) is 219 Å². The van der Waals surface area contributed by atoms with Crippen LogP contribution in [0.3, 0.4) is 0 Å². The highest BCUT2D eigenvalue weighted by molar-refractivity contribution is 5.19. The third kappa shape index (κ3) is 7.20. The van der Waals surface area contributed by atoms with Crippen molar-refractivity contribution < 1.29 is 64.9 Å². The second kappa shape index (κ2) is 16.0. The van der Waals surface area contributed by atoms with Gasteiger partial charge in [0.1, 0.15) is 48.8 Å². The molecule has 0 aromatic rings. The second-order valence-corrected chi connectivity index (χ2v) is 19.9. The molecule has 13 nitrogen and oxygen atoms in total. The van der Waals surface area contributed by atoms with Crippen molar-refractivity contribution >= 4 is 0 Å². The summed E-state index contributed by atoms with van der Waals surface area (Å²) in [4.78, 5) is 0. The molecule has 0 amide bonds. The third-order valence-corrected chi connectivity index (χ3v) is 16.6. The number of ether oxygens (including phenoxy) is 4. The van der Waals surface area contributed by atoms with Crippen molar-refractivity contribution in [3.63, 3.8) is 0 Å². The average Bonchev–Trinajstić information content (AvgIpc) is 3.50. The lowest BCUT2D eigenvalue weighted by molar-refractivity contribution is -0.379. The van der Waals surface area contributed by atoms with Crippen LogP contribution >= 0.6 is 0 Å². The van der Waals surface area contributed by atoms with Crippen molar-refractivity contribution in [2.45, 2.75) is 186 Å². The molecule has 6 aliphatic rings. The van der Waals surface area contributed by atoms with E-state index in [0.29, 0.717) is 18.8 Å². The molecule has 2 aliphatic heterocycles. The number of fused-ring (bicyclic) bond motifs is 5. The van der Waals surface area contributed by atoms with Gasteiger partial charge in [0, 0.05) is 12.0 Å². The Morgan fingerprint density at radius 1 is 0.709 bits per heavy atom. The second-order valence-electron chi connectivity index (χ2n) is 19.9. The molecule has 318 valence electrons. The molecule has 0 aromatic heterocycles. The van der Waals surface area contributed by atoms with Gasteiger partial charge in [-0.2, -0.15) is 0 Å². The molecule has 0 bridgehead atoms. The summed E-state index contributed by atoms with van der Waals surface area (Å²) in [6.07, 6.45) is -4.59. The van der Waals surface area contributed by atoms with E-state index in [9.17, 15) is 46.0 Å². The van der Waals surface area contributed by atoms with Crippen LogP contribution in [0.1, 0.15) is 113 Å². The fraction of sp³-hybridized carbons (Fsp3) is 0.952. The van der Waals surface area contributed by atoms with Gasteiger partial charge in [0.15, 0.2) is 12.6 Å². The summed E-state index contributed by atoms with van der Waals surface area (Å²) < 4.78 is 24.3. The van der Waals surface area contributed by atoms with Gasteiger partial charge in [0.05, 0.1) is 24.9 Å². The van der Waals surface area contributed by atoms with Crippen LogP contribution in [-0.4, -0.2) is 139 Å². The Morgan fingerprint density at radius 2 is 1.33 bits per heavy atom.